The topological polar surface area (TPSA) is 55.6 Å². The van der Waals surface area contributed by atoms with Gasteiger partial charge >= 0.3 is 0 Å². The van der Waals surface area contributed by atoms with E-state index in [0.717, 1.165) is 25.2 Å². The molecule has 2 heterocycles. The van der Waals surface area contributed by atoms with E-state index in [-0.39, 0.29) is 0 Å². The van der Waals surface area contributed by atoms with Crippen LogP contribution in [-0.4, -0.2) is 19.7 Å². The van der Waals surface area contributed by atoms with Crippen molar-refractivity contribution in [2.24, 2.45) is 7.05 Å². The van der Waals surface area contributed by atoms with Gasteiger partial charge in [0.1, 0.15) is 12.1 Å². The van der Waals surface area contributed by atoms with E-state index in [4.69, 9.17) is 0 Å². The van der Waals surface area contributed by atoms with Crippen LogP contribution in [0.5, 0.6) is 0 Å². The zero-order valence-electron chi connectivity index (χ0n) is 11.5. The molecule has 1 aliphatic rings. The summed E-state index contributed by atoms with van der Waals surface area (Å²) in [5, 5.41) is 7.70. The molecule has 0 aliphatic heterocycles. The van der Waals surface area contributed by atoms with E-state index in [1.165, 1.54) is 35.4 Å². The number of anilines is 1. The van der Waals surface area contributed by atoms with Crippen molar-refractivity contribution in [3.63, 3.8) is 0 Å². The average molecular weight is 257 g/mol. The van der Waals surface area contributed by atoms with Gasteiger partial charge in [0.2, 0.25) is 0 Å². The lowest BCUT2D eigenvalue weighted by Crippen LogP contribution is -2.12. The summed E-state index contributed by atoms with van der Waals surface area (Å²) in [7, 11) is 1.96. The number of hydrogen-bond donors (Lipinski definition) is 1. The van der Waals surface area contributed by atoms with Gasteiger partial charge in [-0.2, -0.15) is 5.10 Å². The first-order valence-electron chi connectivity index (χ1n) is 6.80. The maximum Gasteiger partial charge on any atom is 0.133 e. The van der Waals surface area contributed by atoms with Gasteiger partial charge in [-0.3, -0.25) is 4.68 Å². The Morgan fingerprint density at radius 2 is 2.11 bits per heavy atom. The zero-order valence-corrected chi connectivity index (χ0v) is 11.5. The lowest BCUT2D eigenvalue weighted by Gasteiger charge is -2.17. The standard InChI is InChI=1S/C14H19N5/c1-10-11(8-18-19(10)2)7-15-14-12-5-3-4-6-13(12)16-9-17-14/h8-9H,3-7H2,1-2H3,(H,15,16,17). The van der Waals surface area contributed by atoms with Crippen molar-refractivity contribution in [3.8, 4) is 0 Å². The summed E-state index contributed by atoms with van der Waals surface area (Å²) in [5.41, 5.74) is 4.92. The van der Waals surface area contributed by atoms with Crippen molar-refractivity contribution in [1.29, 1.82) is 0 Å². The van der Waals surface area contributed by atoms with Gasteiger partial charge < -0.3 is 5.32 Å². The summed E-state index contributed by atoms with van der Waals surface area (Å²) >= 11 is 0. The van der Waals surface area contributed by atoms with Gasteiger partial charge in [-0.25, -0.2) is 9.97 Å². The second-order valence-corrected chi connectivity index (χ2v) is 5.09. The molecule has 0 bridgehead atoms. The lowest BCUT2D eigenvalue weighted by atomic mass is 9.96. The van der Waals surface area contributed by atoms with E-state index < -0.39 is 0 Å². The molecule has 1 aliphatic carbocycles. The number of nitrogens with zero attached hydrogens (tertiary/aromatic N) is 4. The second-order valence-electron chi connectivity index (χ2n) is 5.09. The largest absolute Gasteiger partial charge is 0.366 e. The SMILES string of the molecule is Cc1c(CNc2ncnc3c2CCCC3)cnn1C. The fourth-order valence-electron chi connectivity index (χ4n) is 2.57. The smallest absolute Gasteiger partial charge is 0.133 e. The predicted octanol–water partition coefficient (Wildman–Crippen LogP) is 2.01. The van der Waals surface area contributed by atoms with Crippen LogP contribution in [0.1, 0.15) is 35.4 Å². The number of hydrogen-bond acceptors (Lipinski definition) is 4. The highest BCUT2D eigenvalue weighted by molar-refractivity contribution is 5.47. The molecule has 3 rings (SSSR count). The fraction of sp³-hybridized carbons (Fsp3) is 0.500. The third-order valence-electron chi connectivity index (χ3n) is 3.91. The van der Waals surface area contributed by atoms with Crippen molar-refractivity contribution in [1.82, 2.24) is 19.7 Å². The summed E-state index contributed by atoms with van der Waals surface area (Å²) < 4.78 is 1.90. The molecule has 0 saturated carbocycles. The Bertz CT molecular complexity index is 588. The first-order chi connectivity index (χ1) is 9.25. The Balaban J connectivity index is 1.79. The molecule has 5 nitrogen and oxygen atoms in total. The van der Waals surface area contributed by atoms with Gasteiger partial charge in [0.25, 0.3) is 0 Å². The molecule has 1 N–H and O–H groups in total. The molecule has 0 spiro atoms. The number of fused-ring (bicyclic) bond motifs is 1. The van der Waals surface area contributed by atoms with Crippen molar-refractivity contribution in [2.75, 3.05) is 5.32 Å². The summed E-state index contributed by atoms with van der Waals surface area (Å²) in [6.07, 6.45) is 8.23. The molecular weight excluding hydrogens is 238 g/mol. The second kappa shape index (κ2) is 4.99. The molecule has 0 fully saturated rings. The molecule has 0 amide bonds. The summed E-state index contributed by atoms with van der Waals surface area (Å²) in [6.45, 7) is 2.85. The molecule has 0 radical (unpaired) electrons. The molecule has 0 atom stereocenters. The van der Waals surface area contributed by atoms with E-state index in [1.807, 2.05) is 17.9 Å². The molecule has 0 saturated heterocycles. The Kier molecular flexibility index (Phi) is 3.19. The molecule has 5 heteroatoms. The van der Waals surface area contributed by atoms with Crippen molar-refractivity contribution in [2.45, 2.75) is 39.2 Å². The maximum absolute atomic E-state index is 4.39. The van der Waals surface area contributed by atoms with Crippen LogP contribution in [0.4, 0.5) is 5.82 Å². The van der Waals surface area contributed by atoms with Crippen molar-refractivity contribution >= 4 is 5.82 Å². The van der Waals surface area contributed by atoms with Crippen LogP contribution in [0.25, 0.3) is 0 Å². The van der Waals surface area contributed by atoms with E-state index in [9.17, 15) is 0 Å². The van der Waals surface area contributed by atoms with Crippen molar-refractivity contribution < 1.29 is 0 Å². The Morgan fingerprint density at radius 1 is 1.26 bits per heavy atom. The monoisotopic (exact) mass is 257 g/mol. The number of nitrogens with one attached hydrogen (secondary N) is 1. The molecular formula is C14H19N5. The molecule has 0 unspecified atom stereocenters. The third-order valence-corrected chi connectivity index (χ3v) is 3.91. The first kappa shape index (κ1) is 12.1. The van der Waals surface area contributed by atoms with Crippen molar-refractivity contribution in [3.05, 3.63) is 35.0 Å². The van der Waals surface area contributed by atoms with Crippen LogP contribution < -0.4 is 5.32 Å². The minimum absolute atomic E-state index is 0.767. The van der Waals surface area contributed by atoms with Crippen LogP contribution in [0, 0.1) is 6.92 Å². The quantitative estimate of drug-likeness (QED) is 0.914. The van der Waals surface area contributed by atoms with E-state index in [1.54, 1.807) is 6.33 Å². The van der Waals surface area contributed by atoms with E-state index >= 15 is 0 Å². The van der Waals surface area contributed by atoms with E-state index in [0.29, 0.717) is 0 Å². The van der Waals surface area contributed by atoms with Gasteiger partial charge in [0, 0.05) is 36.1 Å². The highest BCUT2D eigenvalue weighted by atomic mass is 15.3. The van der Waals surface area contributed by atoms with Crippen LogP contribution in [-0.2, 0) is 26.4 Å². The highest BCUT2D eigenvalue weighted by Crippen LogP contribution is 2.24. The molecule has 0 aromatic carbocycles. The van der Waals surface area contributed by atoms with Crippen LogP contribution in [0.2, 0.25) is 0 Å². The van der Waals surface area contributed by atoms with Gasteiger partial charge in [0.15, 0.2) is 0 Å². The third kappa shape index (κ3) is 2.32. The molecule has 19 heavy (non-hydrogen) atoms. The van der Waals surface area contributed by atoms with Gasteiger partial charge in [0.05, 0.1) is 6.20 Å². The number of aromatic nitrogens is 4. The Morgan fingerprint density at radius 3 is 2.89 bits per heavy atom. The fourth-order valence-corrected chi connectivity index (χ4v) is 2.57. The lowest BCUT2D eigenvalue weighted by molar-refractivity contribution is 0.663. The molecule has 2 aromatic rings. The average Bonchev–Trinajstić information content (AvgIpc) is 2.76. The number of rotatable bonds is 3. The van der Waals surface area contributed by atoms with Gasteiger partial charge in [-0.15, -0.1) is 0 Å². The van der Waals surface area contributed by atoms with Gasteiger partial charge in [-0.1, -0.05) is 0 Å². The molecule has 100 valence electrons. The highest BCUT2D eigenvalue weighted by Gasteiger charge is 2.15. The van der Waals surface area contributed by atoms with Gasteiger partial charge in [-0.05, 0) is 32.6 Å². The maximum atomic E-state index is 4.39. The molecule has 2 aromatic heterocycles. The summed E-state index contributed by atoms with van der Waals surface area (Å²) in [6, 6.07) is 0. The van der Waals surface area contributed by atoms with Crippen LogP contribution in [0.3, 0.4) is 0 Å². The van der Waals surface area contributed by atoms with Crippen LogP contribution >= 0.6 is 0 Å². The summed E-state index contributed by atoms with van der Waals surface area (Å²) in [4.78, 5) is 8.78. The zero-order chi connectivity index (χ0) is 13.2. The Labute approximate surface area is 113 Å². The number of aryl methyl sites for hydroxylation is 2. The minimum Gasteiger partial charge on any atom is -0.366 e. The van der Waals surface area contributed by atoms with E-state index in [2.05, 4.69) is 27.3 Å². The normalized spacial score (nSPS) is 14.2. The first-order valence-corrected chi connectivity index (χ1v) is 6.80. The van der Waals surface area contributed by atoms with Crippen LogP contribution in [0.15, 0.2) is 12.5 Å². The predicted molar refractivity (Wildman–Crippen MR) is 73.9 cm³/mol. The summed E-state index contributed by atoms with van der Waals surface area (Å²) in [5.74, 6) is 0.993. The Hall–Kier alpha value is -1.91. The minimum atomic E-state index is 0.767.